The van der Waals surface area contributed by atoms with Crippen molar-refractivity contribution in [3.63, 3.8) is 0 Å². The zero-order chi connectivity index (χ0) is 18.1. The molecule has 2 rings (SSSR count). The molecule has 0 saturated carbocycles. The highest BCUT2D eigenvalue weighted by Crippen LogP contribution is 2.26. The van der Waals surface area contributed by atoms with Gasteiger partial charge in [-0.05, 0) is 25.1 Å². The molecule has 0 bridgehead atoms. The predicted octanol–water partition coefficient (Wildman–Crippen LogP) is 2.88. The largest absolute Gasteiger partial charge is 0.403 e. The highest BCUT2D eigenvalue weighted by molar-refractivity contribution is 7.88. The van der Waals surface area contributed by atoms with Crippen LogP contribution in [0.2, 0.25) is 5.02 Å². The van der Waals surface area contributed by atoms with E-state index in [9.17, 15) is 26.0 Å². The summed E-state index contributed by atoms with van der Waals surface area (Å²) in [4.78, 5) is 1.19. The molecule has 136 valence electrons. The van der Waals surface area contributed by atoms with E-state index in [0.717, 1.165) is 17.3 Å². The summed E-state index contributed by atoms with van der Waals surface area (Å²) in [5.74, 6) is -1.26. The maximum atomic E-state index is 13.7. The Balaban J connectivity index is 2.04. The minimum Gasteiger partial charge on any atom is -0.290 e. The molecule has 1 atom stereocenters. The molecule has 0 spiro atoms. The normalized spacial score (nSPS) is 19.4. The molecule has 0 N–H and O–H groups in total. The maximum Gasteiger partial charge on any atom is 0.403 e. The van der Waals surface area contributed by atoms with Gasteiger partial charge in [-0.15, -0.1) is 0 Å². The van der Waals surface area contributed by atoms with Gasteiger partial charge < -0.3 is 0 Å². The van der Waals surface area contributed by atoms with E-state index in [1.807, 2.05) is 0 Å². The Hall–Kier alpha value is -0.900. The summed E-state index contributed by atoms with van der Waals surface area (Å²) in [5, 5.41) is 0.213. The first-order chi connectivity index (χ1) is 11.0. The quantitative estimate of drug-likeness (QED) is 0.745. The predicted molar refractivity (Wildman–Crippen MR) is 82.7 cm³/mol. The number of alkyl halides is 3. The van der Waals surface area contributed by atoms with Crippen molar-refractivity contribution in [2.45, 2.75) is 24.9 Å². The topological polar surface area (TPSA) is 40.6 Å². The second-order valence-electron chi connectivity index (χ2n) is 5.64. The van der Waals surface area contributed by atoms with Crippen LogP contribution in [0.25, 0.3) is 0 Å². The van der Waals surface area contributed by atoms with Crippen molar-refractivity contribution >= 4 is 21.6 Å². The molecule has 0 radical (unpaired) electrons. The molecule has 0 aliphatic carbocycles. The van der Waals surface area contributed by atoms with Crippen molar-refractivity contribution in [2.75, 3.05) is 26.2 Å². The Kier molecular flexibility index (Phi) is 5.79. The zero-order valence-electron chi connectivity index (χ0n) is 12.9. The molecule has 0 unspecified atom stereocenters. The number of halogens is 5. The SMILES string of the molecule is C[C@H](N1CCN(S(=O)(=O)Cc2cc(Cl)ccc2F)CC1)C(F)(F)F. The highest BCUT2D eigenvalue weighted by Gasteiger charge is 2.41. The van der Waals surface area contributed by atoms with Crippen LogP contribution in [0.3, 0.4) is 0 Å². The van der Waals surface area contributed by atoms with Gasteiger partial charge >= 0.3 is 6.18 Å². The summed E-state index contributed by atoms with van der Waals surface area (Å²) < 4.78 is 77.6. The van der Waals surface area contributed by atoms with E-state index in [0.29, 0.717) is 0 Å². The molecule has 4 nitrogen and oxygen atoms in total. The minimum atomic E-state index is -4.36. The molecule has 1 aromatic carbocycles. The van der Waals surface area contributed by atoms with Crippen LogP contribution in [0.1, 0.15) is 12.5 Å². The highest BCUT2D eigenvalue weighted by atomic mass is 35.5. The van der Waals surface area contributed by atoms with Crippen LogP contribution in [-0.2, 0) is 15.8 Å². The van der Waals surface area contributed by atoms with Gasteiger partial charge in [0.25, 0.3) is 0 Å². The van der Waals surface area contributed by atoms with Crippen LogP contribution in [-0.4, -0.2) is 56.0 Å². The minimum absolute atomic E-state index is 0.0298. The van der Waals surface area contributed by atoms with Crippen LogP contribution in [0.4, 0.5) is 17.6 Å². The zero-order valence-corrected chi connectivity index (χ0v) is 14.4. The van der Waals surface area contributed by atoms with Crippen LogP contribution >= 0.6 is 11.6 Å². The number of nitrogens with zero attached hydrogens (tertiary/aromatic N) is 2. The van der Waals surface area contributed by atoms with E-state index in [1.165, 1.54) is 17.0 Å². The Morgan fingerprint density at radius 3 is 2.33 bits per heavy atom. The molecule has 10 heteroatoms. The lowest BCUT2D eigenvalue weighted by Gasteiger charge is -2.37. The van der Waals surface area contributed by atoms with E-state index in [2.05, 4.69) is 0 Å². The Morgan fingerprint density at radius 1 is 1.21 bits per heavy atom. The molecule has 1 aromatic rings. The fourth-order valence-corrected chi connectivity index (χ4v) is 4.23. The third kappa shape index (κ3) is 4.59. The number of hydrogen-bond acceptors (Lipinski definition) is 3. The number of benzene rings is 1. The monoisotopic (exact) mass is 388 g/mol. The number of piperazine rings is 1. The van der Waals surface area contributed by atoms with Crippen molar-refractivity contribution in [3.05, 3.63) is 34.6 Å². The second kappa shape index (κ2) is 7.15. The summed E-state index contributed by atoms with van der Waals surface area (Å²) in [7, 11) is -3.83. The summed E-state index contributed by atoms with van der Waals surface area (Å²) in [6, 6.07) is 1.99. The number of sulfonamides is 1. The van der Waals surface area contributed by atoms with Gasteiger partial charge in [-0.1, -0.05) is 11.6 Å². The van der Waals surface area contributed by atoms with Gasteiger partial charge in [0.05, 0.1) is 5.75 Å². The Bertz CT molecular complexity index is 689. The number of rotatable bonds is 4. The third-order valence-corrected chi connectivity index (χ3v) is 6.10. The van der Waals surface area contributed by atoms with Crippen LogP contribution in [0.15, 0.2) is 18.2 Å². The van der Waals surface area contributed by atoms with Gasteiger partial charge in [-0.2, -0.15) is 17.5 Å². The average Bonchev–Trinajstić information content (AvgIpc) is 2.49. The van der Waals surface area contributed by atoms with Gasteiger partial charge in [0, 0.05) is 36.8 Å². The maximum absolute atomic E-state index is 13.7. The van der Waals surface area contributed by atoms with Gasteiger partial charge in [0.1, 0.15) is 11.9 Å². The van der Waals surface area contributed by atoms with Crippen molar-refractivity contribution < 1.29 is 26.0 Å². The fourth-order valence-electron chi connectivity index (χ4n) is 2.52. The lowest BCUT2D eigenvalue weighted by atomic mass is 10.2. The summed E-state index contributed by atoms with van der Waals surface area (Å²) in [6.07, 6.45) is -4.36. The van der Waals surface area contributed by atoms with Gasteiger partial charge in [0.15, 0.2) is 0 Å². The molecule has 1 aliphatic rings. The van der Waals surface area contributed by atoms with Gasteiger partial charge in [-0.25, -0.2) is 12.8 Å². The van der Waals surface area contributed by atoms with Crippen molar-refractivity contribution in [1.82, 2.24) is 9.21 Å². The standard InChI is InChI=1S/C14H17ClF4N2O2S/c1-10(14(17,18)19)20-4-6-21(7-5-20)24(22,23)9-11-8-12(15)2-3-13(11)16/h2-3,8,10H,4-7,9H2,1H3/t10-/m0/s1. The van der Waals surface area contributed by atoms with Crippen molar-refractivity contribution in [1.29, 1.82) is 0 Å². The van der Waals surface area contributed by atoms with E-state index < -0.39 is 33.8 Å². The lowest BCUT2D eigenvalue weighted by Crippen LogP contribution is -2.54. The molecule has 1 fully saturated rings. The summed E-state index contributed by atoms with van der Waals surface area (Å²) in [5.41, 5.74) is -0.0615. The van der Waals surface area contributed by atoms with Gasteiger partial charge in [-0.3, -0.25) is 4.90 Å². The van der Waals surface area contributed by atoms with Crippen molar-refractivity contribution in [3.8, 4) is 0 Å². The smallest absolute Gasteiger partial charge is 0.290 e. The van der Waals surface area contributed by atoms with Gasteiger partial charge in [0.2, 0.25) is 10.0 Å². The number of hydrogen-bond donors (Lipinski definition) is 0. The molecule has 24 heavy (non-hydrogen) atoms. The van der Waals surface area contributed by atoms with Crippen LogP contribution in [0.5, 0.6) is 0 Å². The fraction of sp³-hybridized carbons (Fsp3) is 0.571. The second-order valence-corrected chi connectivity index (χ2v) is 8.05. The summed E-state index contributed by atoms with van der Waals surface area (Å²) in [6.45, 7) is 0.858. The third-order valence-electron chi connectivity index (χ3n) is 4.03. The molecule has 1 saturated heterocycles. The lowest BCUT2D eigenvalue weighted by molar-refractivity contribution is -0.181. The van der Waals surface area contributed by atoms with E-state index in [1.54, 1.807) is 0 Å². The average molecular weight is 389 g/mol. The molecule has 1 aliphatic heterocycles. The van der Waals surface area contributed by atoms with E-state index in [4.69, 9.17) is 11.6 Å². The molecular weight excluding hydrogens is 372 g/mol. The molecular formula is C14H17ClF4N2O2S. The summed E-state index contributed by atoms with van der Waals surface area (Å²) >= 11 is 5.74. The molecule has 1 heterocycles. The first-order valence-corrected chi connectivity index (χ1v) is 9.22. The van der Waals surface area contributed by atoms with Crippen molar-refractivity contribution in [2.24, 2.45) is 0 Å². The first-order valence-electron chi connectivity index (χ1n) is 7.23. The molecule has 0 aromatic heterocycles. The van der Waals surface area contributed by atoms with E-state index >= 15 is 0 Å². The Labute approximate surface area is 143 Å². The van der Waals surface area contributed by atoms with Crippen LogP contribution < -0.4 is 0 Å². The van der Waals surface area contributed by atoms with Crippen LogP contribution in [0, 0.1) is 5.82 Å². The van der Waals surface area contributed by atoms with E-state index in [-0.39, 0.29) is 36.8 Å². The molecule has 0 amide bonds. The first kappa shape index (κ1) is 19.4. The Morgan fingerprint density at radius 2 is 1.79 bits per heavy atom.